The molecule has 0 bridgehead atoms. The third-order valence-electron chi connectivity index (χ3n) is 5.43. The van der Waals surface area contributed by atoms with Crippen LogP contribution in [-0.4, -0.2) is 70.5 Å². The van der Waals surface area contributed by atoms with Gasteiger partial charge < -0.3 is 35.1 Å². The molecule has 0 heterocycles. The van der Waals surface area contributed by atoms with Gasteiger partial charge in [-0.3, -0.25) is 0 Å². The van der Waals surface area contributed by atoms with Gasteiger partial charge in [0.1, 0.15) is 12.7 Å². The van der Waals surface area contributed by atoms with Gasteiger partial charge in [0.05, 0.1) is 33.0 Å². The molecule has 7 heteroatoms. The molecule has 1 unspecified atom stereocenters. The molecule has 0 radical (unpaired) electrons. The molecule has 3 rings (SSSR count). The summed E-state index contributed by atoms with van der Waals surface area (Å²) in [7, 11) is 0. The lowest BCUT2D eigenvalue weighted by atomic mass is 9.93. The predicted molar refractivity (Wildman–Crippen MR) is 144 cm³/mol. The van der Waals surface area contributed by atoms with Gasteiger partial charge in [-0.25, -0.2) is 0 Å². The zero-order valence-electron chi connectivity index (χ0n) is 21.0. The van der Waals surface area contributed by atoms with Gasteiger partial charge in [-0.15, -0.1) is 0 Å². The highest BCUT2D eigenvalue weighted by Gasteiger charge is 2.19. The Morgan fingerprint density at radius 1 is 0.806 bits per heavy atom. The van der Waals surface area contributed by atoms with Crippen LogP contribution < -0.4 is 20.5 Å². The molecule has 36 heavy (non-hydrogen) atoms. The van der Waals surface area contributed by atoms with Crippen molar-refractivity contribution in [1.82, 2.24) is 5.32 Å². The van der Waals surface area contributed by atoms with E-state index in [2.05, 4.69) is 35.6 Å². The second-order valence-electron chi connectivity index (χ2n) is 8.16. The normalized spacial score (nSPS) is 11.9. The molecule has 0 aliphatic rings. The number of ether oxygens (including phenoxy) is 4. The van der Waals surface area contributed by atoms with Crippen LogP contribution in [0.15, 0.2) is 72.8 Å². The Bertz CT molecular complexity index is 1000. The van der Waals surface area contributed by atoms with Crippen LogP contribution in [0.25, 0.3) is 22.3 Å². The molecule has 0 saturated carbocycles. The van der Waals surface area contributed by atoms with Crippen molar-refractivity contribution in [3.05, 3.63) is 72.8 Å². The maximum atomic E-state index is 10.4. The topological polar surface area (TPSA) is 95.2 Å². The molecule has 0 saturated heterocycles. The van der Waals surface area contributed by atoms with Crippen molar-refractivity contribution in [2.75, 3.05) is 59.3 Å². The molecule has 0 amide bonds. The van der Waals surface area contributed by atoms with Gasteiger partial charge in [0, 0.05) is 25.2 Å². The fraction of sp³-hybridized carbons (Fsp3) is 0.379. The summed E-state index contributed by atoms with van der Waals surface area (Å²) >= 11 is 0. The van der Waals surface area contributed by atoms with Crippen LogP contribution in [-0.2, 0) is 9.47 Å². The van der Waals surface area contributed by atoms with E-state index in [-0.39, 0.29) is 6.61 Å². The zero-order valence-corrected chi connectivity index (χ0v) is 21.0. The molecule has 1 atom stereocenters. The number of aliphatic hydroxyl groups excluding tert-OH is 1. The van der Waals surface area contributed by atoms with Crippen molar-refractivity contribution in [1.29, 1.82) is 0 Å². The average Bonchev–Trinajstić information content (AvgIpc) is 2.92. The first-order valence-electron chi connectivity index (χ1n) is 12.5. The van der Waals surface area contributed by atoms with Crippen LogP contribution in [0.2, 0.25) is 0 Å². The molecule has 0 aliphatic carbocycles. The number of benzene rings is 3. The lowest BCUT2D eigenvalue weighted by Gasteiger charge is -2.21. The lowest BCUT2D eigenvalue weighted by Crippen LogP contribution is -2.33. The Kier molecular flexibility index (Phi) is 12.2. The number of nitrogens with two attached hydrogens (primary N) is 1. The summed E-state index contributed by atoms with van der Waals surface area (Å²) in [6.45, 7) is 6.26. The Hall–Kier alpha value is -2.94. The number of rotatable bonds is 17. The van der Waals surface area contributed by atoms with E-state index in [0.717, 1.165) is 22.3 Å². The molecule has 0 spiro atoms. The van der Waals surface area contributed by atoms with Gasteiger partial charge >= 0.3 is 0 Å². The summed E-state index contributed by atoms with van der Waals surface area (Å²) in [4.78, 5) is 0. The van der Waals surface area contributed by atoms with Gasteiger partial charge in [-0.1, -0.05) is 60.7 Å². The van der Waals surface area contributed by atoms with Crippen molar-refractivity contribution < 1.29 is 24.1 Å². The predicted octanol–water partition coefficient (Wildman–Crippen LogP) is 3.74. The number of hydrogen-bond donors (Lipinski definition) is 3. The largest absolute Gasteiger partial charge is 0.489 e. The maximum Gasteiger partial charge on any atom is 0.169 e. The van der Waals surface area contributed by atoms with Gasteiger partial charge in [0.2, 0.25) is 0 Å². The number of nitrogens with one attached hydrogen (secondary N) is 1. The fourth-order valence-corrected chi connectivity index (χ4v) is 3.78. The molecule has 0 aliphatic heterocycles. The van der Waals surface area contributed by atoms with Crippen LogP contribution >= 0.6 is 0 Å². The highest BCUT2D eigenvalue weighted by molar-refractivity contribution is 5.89. The van der Waals surface area contributed by atoms with Crippen molar-refractivity contribution in [3.63, 3.8) is 0 Å². The second kappa shape index (κ2) is 15.9. The van der Waals surface area contributed by atoms with Crippen LogP contribution in [0.1, 0.15) is 6.92 Å². The van der Waals surface area contributed by atoms with Gasteiger partial charge in [-0.2, -0.15) is 0 Å². The SMILES string of the molecule is CCOc1c(OCC(O)CNCCOCCOCCN)ccc(-c2ccccc2)c1-c1ccccc1. The zero-order chi connectivity index (χ0) is 25.4. The summed E-state index contributed by atoms with van der Waals surface area (Å²) in [5.41, 5.74) is 9.55. The monoisotopic (exact) mass is 494 g/mol. The van der Waals surface area contributed by atoms with Gasteiger partial charge in [0.25, 0.3) is 0 Å². The standard InChI is InChI=1S/C29H38N2O5/c1-2-35-29-27(36-22-25(32)21-31-16-18-34-20-19-33-17-15-30)14-13-26(23-9-5-3-6-10-23)28(29)24-11-7-4-8-12-24/h3-14,25,31-32H,2,15-22,30H2,1H3. The van der Waals surface area contributed by atoms with E-state index >= 15 is 0 Å². The maximum absolute atomic E-state index is 10.4. The van der Waals surface area contributed by atoms with Crippen molar-refractivity contribution in [3.8, 4) is 33.8 Å². The molecule has 194 valence electrons. The smallest absolute Gasteiger partial charge is 0.169 e. The minimum Gasteiger partial charge on any atom is -0.489 e. The van der Waals surface area contributed by atoms with E-state index in [4.69, 9.17) is 24.7 Å². The molecule has 0 aromatic heterocycles. The van der Waals surface area contributed by atoms with Crippen LogP contribution in [0.5, 0.6) is 11.5 Å². The summed E-state index contributed by atoms with van der Waals surface area (Å²) in [6.07, 6.45) is -0.679. The van der Waals surface area contributed by atoms with E-state index in [9.17, 15) is 5.11 Å². The third kappa shape index (κ3) is 8.62. The van der Waals surface area contributed by atoms with Crippen molar-refractivity contribution in [2.24, 2.45) is 5.73 Å². The molecule has 4 N–H and O–H groups in total. The Balaban J connectivity index is 1.63. The van der Waals surface area contributed by atoms with E-state index in [1.807, 2.05) is 49.4 Å². The molecular weight excluding hydrogens is 456 g/mol. The van der Waals surface area contributed by atoms with Crippen molar-refractivity contribution >= 4 is 0 Å². The van der Waals surface area contributed by atoms with E-state index < -0.39 is 6.10 Å². The van der Waals surface area contributed by atoms with Crippen LogP contribution in [0, 0.1) is 0 Å². The van der Waals surface area contributed by atoms with Crippen molar-refractivity contribution in [2.45, 2.75) is 13.0 Å². The minimum absolute atomic E-state index is 0.139. The van der Waals surface area contributed by atoms with E-state index in [1.165, 1.54) is 0 Å². The summed E-state index contributed by atoms with van der Waals surface area (Å²) < 4.78 is 22.9. The lowest BCUT2D eigenvalue weighted by molar-refractivity contribution is 0.0498. The second-order valence-corrected chi connectivity index (χ2v) is 8.16. The molecule has 3 aromatic rings. The first-order valence-corrected chi connectivity index (χ1v) is 12.5. The molecular formula is C29H38N2O5. The highest BCUT2D eigenvalue weighted by atomic mass is 16.5. The van der Waals surface area contributed by atoms with Crippen LogP contribution in [0.4, 0.5) is 0 Å². The summed E-state index contributed by atoms with van der Waals surface area (Å²) in [5, 5.41) is 13.6. The van der Waals surface area contributed by atoms with E-state index in [1.54, 1.807) is 0 Å². The number of hydrogen-bond acceptors (Lipinski definition) is 7. The first-order chi connectivity index (χ1) is 17.7. The fourth-order valence-electron chi connectivity index (χ4n) is 3.78. The van der Waals surface area contributed by atoms with Gasteiger partial charge in [0.15, 0.2) is 11.5 Å². The van der Waals surface area contributed by atoms with Crippen LogP contribution in [0.3, 0.4) is 0 Å². The average molecular weight is 495 g/mol. The quantitative estimate of drug-likeness (QED) is 0.246. The molecule has 7 nitrogen and oxygen atoms in total. The van der Waals surface area contributed by atoms with E-state index in [0.29, 0.717) is 64.2 Å². The summed E-state index contributed by atoms with van der Waals surface area (Å²) in [5.74, 6) is 1.28. The Labute approximate surface area is 214 Å². The third-order valence-corrected chi connectivity index (χ3v) is 5.43. The Morgan fingerprint density at radius 2 is 1.47 bits per heavy atom. The number of aliphatic hydroxyl groups is 1. The highest BCUT2D eigenvalue weighted by Crippen LogP contribution is 2.45. The minimum atomic E-state index is -0.679. The molecule has 0 fully saturated rings. The Morgan fingerprint density at radius 3 is 2.14 bits per heavy atom. The molecule has 3 aromatic carbocycles. The first kappa shape index (κ1) is 27.6. The van der Waals surface area contributed by atoms with Gasteiger partial charge in [-0.05, 0) is 35.7 Å². The summed E-state index contributed by atoms with van der Waals surface area (Å²) in [6, 6.07) is 24.4.